The fraction of sp³-hybridized carbons (Fsp3) is 0.588. The predicted octanol–water partition coefficient (Wildman–Crippen LogP) is 3.16. The van der Waals surface area contributed by atoms with E-state index in [0.717, 1.165) is 30.4 Å². The number of carbonyl (C=O) groups excluding carboxylic acids is 1. The quantitative estimate of drug-likeness (QED) is 0.865. The van der Waals surface area contributed by atoms with Gasteiger partial charge < -0.3 is 14.6 Å². The summed E-state index contributed by atoms with van der Waals surface area (Å²) in [4.78, 5) is 12.2. The number of hydrogen-bond acceptors (Lipinski definition) is 4. The van der Waals surface area contributed by atoms with Crippen molar-refractivity contribution >= 4 is 5.97 Å². The zero-order valence-electron chi connectivity index (χ0n) is 12.8. The number of rotatable bonds is 4. The van der Waals surface area contributed by atoms with Gasteiger partial charge >= 0.3 is 5.97 Å². The van der Waals surface area contributed by atoms with E-state index in [1.165, 1.54) is 0 Å². The summed E-state index contributed by atoms with van der Waals surface area (Å²) in [5.41, 5.74) is 1.55. The molecule has 1 aromatic carbocycles. The van der Waals surface area contributed by atoms with Crippen LogP contribution in [0.4, 0.5) is 0 Å². The molecule has 4 heteroatoms. The van der Waals surface area contributed by atoms with Crippen molar-refractivity contribution in [3.05, 3.63) is 28.8 Å². The van der Waals surface area contributed by atoms with Gasteiger partial charge in [-0.15, -0.1) is 0 Å². The van der Waals surface area contributed by atoms with Crippen LogP contribution in [0.5, 0.6) is 5.75 Å². The van der Waals surface area contributed by atoms with Crippen molar-refractivity contribution in [2.45, 2.75) is 64.3 Å². The average Bonchev–Trinajstić information content (AvgIpc) is 2.97. The third-order valence-corrected chi connectivity index (χ3v) is 4.34. The SMILES string of the molecule is CCCCC1OC(=O)c2c1ccc1c2OC(C(C)(C)O)C1. The Morgan fingerprint density at radius 3 is 2.76 bits per heavy atom. The van der Waals surface area contributed by atoms with Crippen molar-refractivity contribution in [3.63, 3.8) is 0 Å². The van der Waals surface area contributed by atoms with Crippen LogP contribution in [-0.2, 0) is 11.2 Å². The van der Waals surface area contributed by atoms with Gasteiger partial charge in [0.05, 0.1) is 5.60 Å². The summed E-state index contributed by atoms with van der Waals surface area (Å²) >= 11 is 0. The lowest BCUT2D eigenvalue weighted by atomic mass is 9.94. The predicted molar refractivity (Wildman–Crippen MR) is 78.5 cm³/mol. The summed E-state index contributed by atoms with van der Waals surface area (Å²) < 4.78 is 11.4. The number of aliphatic hydroxyl groups is 1. The molecule has 2 heterocycles. The summed E-state index contributed by atoms with van der Waals surface area (Å²) in [6, 6.07) is 3.98. The molecule has 21 heavy (non-hydrogen) atoms. The van der Waals surface area contributed by atoms with Crippen molar-refractivity contribution in [1.82, 2.24) is 0 Å². The lowest BCUT2D eigenvalue weighted by molar-refractivity contribution is -0.0233. The molecule has 0 amide bonds. The van der Waals surface area contributed by atoms with E-state index in [-0.39, 0.29) is 18.2 Å². The van der Waals surface area contributed by atoms with Crippen LogP contribution in [0.3, 0.4) is 0 Å². The summed E-state index contributed by atoms with van der Waals surface area (Å²) in [6.07, 6.45) is 3.11. The molecule has 2 unspecified atom stereocenters. The molecule has 0 saturated carbocycles. The van der Waals surface area contributed by atoms with Crippen LogP contribution in [0.1, 0.15) is 67.6 Å². The first-order valence-electron chi connectivity index (χ1n) is 7.67. The van der Waals surface area contributed by atoms with Gasteiger partial charge in [0.15, 0.2) is 0 Å². The molecule has 2 atom stereocenters. The van der Waals surface area contributed by atoms with Crippen molar-refractivity contribution in [2.75, 3.05) is 0 Å². The smallest absolute Gasteiger partial charge is 0.342 e. The second-order valence-corrected chi connectivity index (χ2v) is 6.52. The number of unbranched alkanes of at least 4 members (excludes halogenated alkanes) is 1. The van der Waals surface area contributed by atoms with Crippen LogP contribution < -0.4 is 4.74 Å². The van der Waals surface area contributed by atoms with E-state index in [9.17, 15) is 9.90 Å². The third kappa shape index (κ3) is 2.42. The largest absolute Gasteiger partial charge is 0.486 e. The van der Waals surface area contributed by atoms with Crippen molar-refractivity contribution in [2.24, 2.45) is 0 Å². The number of benzene rings is 1. The summed E-state index contributed by atoms with van der Waals surface area (Å²) in [6.45, 7) is 5.58. The Balaban J connectivity index is 1.93. The average molecular weight is 290 g/mol. The molecule has 0 fully saturated rings. The van der Waals surface area contributed by atoms with Crippen LogP contribution in [0.2, 0.25) is 0 Å². The Morgan fingerprint density at radius 1 is 1.33 bits per heavy atom. The van der Waals surface area contributed by atoms with Gasteiger partial charge in [-0.1, -0.05) is 25.5 Å². The molecule has 0 radical (unpaired) electrons. The molecule has 4 nitrogen and oxygen atoms in total. The fourth-order valence-electron chi connectivity index (χ4n) is 3.05. The number of cyclic esters (lactones) is 1. The van der Waals surface area contributed by atoms with Gasteiger partial charge in [0.1, 0.15) is 23.5 Å². The zero-order chi connectivity index (χ0) is 15.2. The van der Waals surface area contributed by atoms with Crippen molar-refractivity contribution < 1.29 is 19.4 Å². The molecule has 0 bridgehead atoms. The molecular weight excluding hydrogens is 268 g/mol. The monoisotopic (exact) mass is 290 g/mol. The second kappa shape index (κ2) is 5.02. The van der Waals surface area contributed by atoms with Crippen molar-refractivity contribution in [3.8, 4) is 5.75 Å². The van der Waals surface area contributed by atoms with Gasteiger partial charge in [-0.05, 0) is 32.3 Å². The second-order valence-electron chi connectivity index (χ2n) is 6.52. The van der Waals surface area contributed by atoms with Gasteiger partial charge in [0, 0.05) is 12.0 Å². The Bertz CT molecular complexity index is 571. The van der Waals surface area contributed by atoms with E-state index < -0.39 is 5.60 Å². The molecule has 2 aliphatic rings. The molecule has 114 valence electrons. The van der Waals surface area contributed by atoms with Gasteiger partial charge in [0.25, 0.3) is 0 Å². The Morgan fingerprint density at radius 2 is 2.10 bits per heavy atom. The number of carbonyl (C=O) groups is 1. The van der Waals surface area contributed by atoms with Crippen LogP contribution in [0.15, 0.2) is 12.1 Å². The Kier molecular flexibility index (Phi) is 3.44. The van der Waals surface area contributed by atoms with E-state index in [2.05, 4.69) is 6.92 Å². The molecule has 0 aliphatic carbocycles. The molecular formula is C17H22O4. The molecule has 1 N–H and O–H groups in total. The normalized spacial score (nSPS) is 23.5. The molecule has 2 aliphatic heterocycles. The summed E-state index contributed by atoms with van der Waals surface area (Å²) in [5, 5.41) is 10.1. The number of fused-ring (bicyclic) bond motifs is 3. The highest BCUT2D eigenvalue weighted by Gasteiger charge is 2.41. The Hall–Kier alpha value is -1.55. The highest BCUT2D eigenvalue weighted by molar-refractivity contribution is 5.97. The summed E-state index contributed by atoms with van der Waals surface area (Å²) in [7, 11) is 0. The molecule has 0 saturated heterocycles. The molecule has 0 spiro atoms. The third-order valence-electron chi connectivity index (χ3n) is 4.34. The van der Waals surface area contributed by atoms with E-state index in [0.29, 0.717) is 17.7 Å². The van der Waals surface area contributed by atoms with Crippen LogP contribution >= 0.6 is 0 Å². The van der Waals surface area contributed by atoms with Crippen LogP contribution in [0, 0.1) is 0 Å². The van der Waals surface area contributed by atoms with Crippen LogP contribution in [-0.4, -0.2) is 22.8 Å². The van der Waals surface area contributed by atoms with E-state index in [1.807, 2.05) is 12.1 Å². The lowest BCUT2D eigenvalue weighted by Gasteiger charge is -2.24. The Labute approximate surface area is 125 Å². The number of ether oxygens (including phenoxy) is 2. The van der Waals surface area contributed by atoms with Gasteiger partial charge in [0.2, 0.25) is 0 Å². The van der Waals surface area contributed by atoms with E-state index >= 15 is 0 Å². The first-order valence-corrected chi connectivity index (χ1v) is 7.67. The molecule has 1 aromatic rings. The summed E-state index contributed by atoms with van der Waals surface area (Å²) in [5.74, 6) is 0.322. The topological polar surface area (TPSA) is 55.8 Å². The minimum atomic E-state index is -0.934. The van der Waals surface area contributed by atoms with E-state index in [4.69, 9.17) is 9.47 Å². The highest BCUT2D eigenvalue weighted by Crippen LogP contribution is 2.44. The first kappa shape index (κ1) is 14.4. The fourth-order valence-corrected chi connectivity index (χ4v) is 3.05. The maximum atomic E-state index is 12.2. The molecule has 0 aromatic heterocycles. The maximum absolute atomic E-state index is 12.2. The van der Waals surface area contributed by atoms with Crippen molar-refractivity contribution in [1.29, 1.82) is 0 Å². The minimum absolute atomic E-state index is 0.150. The number of esters is 1. The highest BCUT2D eigenvalue weighted by atomic mass is 16.6. The zero-order valence-corrected chi connectivity index (χ0v) is 12.8. The maximum Gasteiger partial charge on any atom is 0.342 e. The molecule has 3 rings (SSSR count). The van der Waals surface area contributed by atoms with Gasteiger partial charge in [-0.3, -0.25) is 0 Å². The minimum Gasteiger partial charge on any atom is -0.486 e. The van der Waals surface area contributed by atoms with Gasteiger partial charge in [-0.25, -0.2) is 4.79 Å². The van der Waals surface area contributed by atoms with E-state index in [1.54, 1.807) is 13.8 Å². The first-order chi connectivity index (χ1) is 9.91. The standard InChI is InChI=1S/C17H22O4/c1-4-5-6-12-11-8-7-10-9-13(17(2,3)19)21-15(10)14(11)16(18)20-12/h7-8,12-13,19H,4-6,9H2,1-3H3. The number of hydrogen-bond donors (Lipinski definition) is 1. The van der Waals surface area contributed by atoms with Crippen LogP contribution in [0.25, 0.3) is 0 Å². The van der Waals surface area contributed by atoms with Gasteiger partial charge in [-0.2, -0.15) is 0 Å². The lowest BCUT2D eigenvalue weighted by Crippen LogP contribution is -2.39.